The minimum Gasteiger partial charge on any atom is -0.391 e. The molecule has 1 aliphatic heterocycles. The van der Waals surface area contributed by atoms with Crippen molar-refractivity contribution >= 4 is 5.78 Å². The summed E-state index contributed by atoms with van der Waals surface area (Å²) in [7, 11) is 0. The first-order valence-corrected chi connectivity index (χ1v) is 11.0. The molecule has 4 heteroatoms. The zero-order valence-electron chi connectivity index (χ0n) is 16.8. The highest BCUT2D eigenvalue weighted by Crippen LogP contribution is 2.67. The molecule has 1 N–H and O–H groups in total. The van der Waals surface area contributed by atoms with Gasteiger partial charge in [0.2, 0.25) is 0 Å². The standard InChI is InChI=1S/C23H34O4/c1-21-10-4-3-5-15(21)6-7-16-17-8-9-19(23(14-24)26-11-12-27-23)22(17,2)13-18(25)20(16)21/h3-4,15-17,19-20,24H,5-14H2,1-2H3/t15-,16+,17+,19+,20-,21+,22+/m1/s1. The monoisotopic (exact) mass is 374 g/mol. The van der Waals surface area contributed by atoms with Gasteiger partial charge in [-0.3, -0.25) is 4.79 Å². The van der Waals surface area contributed by atoms with E-state index in [1.807, 2.05) is 0 Å². The first-order chi connectivity index (χ1) is 12.9. The van der Waals surface area contributed by atoms with Crippen LogP contribution < -0.4 is 0 Å². The van der Waals surface area contributed by atoms with Gasteiger partial charge in [-0.15, -0.1) is 0 Å². The zero-order chi connectivity index (χ0) is 18.9. The number of carbonyl (C=O) groups is 1. The summed E-state index contributed by atoms with van der Waals surface area (Å²) in [5.41, 5.74) is 0.0300. The molecule has 4 fully saturated rings. The van der Waals surface area contributed by atoms with Gasteiger partial charge in [0.15, 0.2) is 5.79 Å². The fraction of sp³-hybridized carbons (Fsp3) is 0.870. The van der Waals surface area contributed by atoms with Gasteiger partial charge in [-0.2, -0.15) is 0 Å². The van der Waals surface area contributed by atoms with Crippen LogP contribution in [0.3, 0.4) is 0 Å². The molecular weight excluding hydrogens is 340 g/mol. The molecule has 0 bridgehead atoms. The lowest BCUT2D eigenvalue weighted by atomic mass is 9.45. The predicted molar refractivity (Wildman–Crippen MR) is 102 cm³/mol. The van der Waals surface area contributed by atoms with Gasteiger partial charge in [0.05, 0.1) is 19.8 Å². The lowest BCUT2D eigenvalue weighted by Gasteiger charge is -2.59. The molecule has 1 saturated heterocycles. The van der Waals surface area contributed by atoms with E-state index in [2.05, 4.69) is 26.0 Å². The Kier molecular flexibility index (Phi) is 4.17. The SMILES string of the molecule is C[C@]12CC=CC[C@@H]1CC[C@H]1[C@@H]3CC[C@H](C4(CO)OCCO4)[C@@]3(C)CC(=O)[C@@H]12. The summed E-state index contributed by atoms with van der Waals surface area (Å²) in [6.07, 6.45) is 12.1. The number of fused-ring (bicyclic) bond motifs is 5. The summed E-state index contributed by atoms with van der Waals surface area (Å²) in [5.74, 6) is 1.62. The Balaban J connectivity index is 1.50. The van der Waals surface area contributed by atoms with Crippen molar-refractivity contribution in [1.82, 2.24) is 0 Å². The fourth-order valence-electron chi connectivity index (χ4n) is 8.25. The summed E-state index contributed by atoms with van der Waals surface area (Å²) >= 11 is 0. The minimum atomic E-state index is -0.884. The van der Waals surface area contributed by atoms with Crippen LogP contribution in [0.15, 0.2) is 12.2 Å². The van der Waals surface area contributed by atoms with Gasteiger partial charge >= 0.3 is 0 Å². The Morgan fingerprint density at radius 3 is 2.59 bits per heavy atom. The van der Waals surface area contributed by atoms with Crippen LogP contribution in [-0.4, -0.2) is 36.5 Å². The van der Waals surface area contributed by atoms with Crippen LogP contribution in [0, 0.1) is 40.4 Å². The average molecular weight is 375 g/mol. The highest BCUT2D eigenvalue weighted by atomic mass is 16.7. The molecule has 0 radical (unpaired) electrons. The zero-order valence-corrected chi connectivity index (χ0v) is 16.8. The minimum absolute atomic E-state index is 0.104. The maximum absolute atomic E-state index is 13.6. The van der Waals surface area contributed by atoms with Gasteiger partial charge in [-0.1, -0.05) is 26.0 Å². The summed E-state index contributed by atoms with van der Waals surface area (Å²) < 4.78 is 11.9. The molecule has 0 aromatic rings. The second-order valence-corrected chi connectivity index (χ2v) is 10.4. The van der Waals surface area contributed by atoms with E-state index in [0.717, 1.165) is 25.7 Å². The van der Waals surface area contributed by atoms with E-state index in [4.69, 9.17) is 9.47 Å². The van der Waals surface area contributed by atoms with Crippen molar-refractivity contribution < 1.29 is 19.4 Å². The van der Waals surface area contributed by atoms with Crippen molar-refractivity contribution in [2.45, 2.75) is 64.6 Å². The highest BCUT2D eigenvalue weighted by Gasteiger charge is 2.66. The van der Waals surface area contributed by atoms with E-state index < -0.39 is 5.79 Å². The van der Waals surface area contributed by atoms with Crippen LogP contribution in [0.25, 0.3) is 0 Å². The van der Waals surface area contributed by atoms with E-state index in [0.29, 0.717) is 43.2 Å². The Labute approximate surface area is 162 Å². The molecule has 27 heavy (non-hydrogen) atoms. The third-order valence-corrected chi connectivity index (χ3v) is 9.42. The molecule has 3 saturated carbocycles. The Morgan fingerprint density at radius 2 is 1.85 bits per heavy atom. The van der Waals surface area contributed by atoms with E-state index >= 15 is 0 Å². The van der Waals surface area contributed by atoms with Crippen molar-refractivity contribution in [3.8, 4) is 0 Å². The summed E-state index contributed by atoms with van der Waals surface area (Å²) in [5, 5.41) is 10.1. The van der Waals surface area contributed by atoms with Gasteiger partial charge in [-0.05, 0) is 67.1 Å². The third kappa shape index (κ3) is 2.36. The molecular formula is C23H34O4. The second kappa shape index (κ2) is 6.14. The Hall–Kier alpha value is -0.710. The summed E-state index contributed by atoms with van der Waals surface area (Å²) in [6, 6.07) is 0. The van der Waals surface area contributed by atoms with E-state index in [1.165, 1.54) is 12.8 Å². The molecule has 7 atom stereocenters. The van der Waals surface area contributed by atoms with Crippen molar-refractivity contribution in [1.29, 1.82) is 0 Å². The molecule has 4 nitrogen and oxygen atoms in total. The lowest BCUT2D eigenvalue weighted by molar-refractivity contribution is -0.243. The molecule has 0 amide bonds. The van der Waals surface area contributed by atoms with Crippen molar-refractivity contribution in [2.75, 3.05) is 19.8 Å². The number of hydrogen-bond donors (Lipinski definition) is 1. The molecule has 150 valence electrons. The number of carbonyl (C=O) groups excluding carboxylic acids is 1. The van der Waals surface area contributed by atoms with Crippen LogP contribution in [0.4, 0.5) is 0 Å². The number of allylic oxidation sites excluding steroid dienone is 2. The van der Waals surface area contributed by atoms with Crippen molar-refractivity contribution in [2.24, 2.45) is 40.4 Å². The van der Waals surface area contributed by atoms with E-state index in [-0.39, 0.29) is 29.3 Å². The molecule has 5 aliphatic rings. The maximum atomic E-state index is 13.6. The Morgan fingerprint density at radius 1 is 1.07 bits per heavy atom. The molecule has 0 unspecified atom stereocenters. The fourth-order valence-corrected chi connectivity index (χ4v) is 8.25. The molecule has 5 rings (SSSR count). The van der Waals surface area contributed by atoms with Crippen molar-refractivity contribution in [3.05, 3.63) is 12.2 Å². The number of hydrogen-bond acceptors (Lipinski definition) is 4. The highest BCUT2D eigenvalue weighted by molar-refractivity contribution is 5.84. The lowest BCUT2D eigenvalue weighted by Crippen LogP contribution is -2.59. The first-order valence-electron chi connectivity index (χ1n) is 11.0. The number of ketones is 1. The van der Waals surface area contributed by atoms with Gasteiger partial charge in [-0.25, -0.2) is 0 Å². The largest absolute Gasteiger partial charge is 0.391 e. The van der Waals surface area contributed by atoms with Crippen LogP contribution in [0.1, 0.15) is 58.8 Å². The molecule has 0 aromatic carbocycles. The van der Waals surface area contributed by atoms with Crippen LogP contribution in [0.5, 0.6) is 0 Å². The third-order valence-electron chi connectivity index (χ3n) is 9.42. The number of ether oxygens (including phenoxy) is 2. The van der Waals surface area contributed by atoms with Crippen LogP contribution >= 0.6 is 0 Å². The molecule has 1 heterocycles. The number of rotatable bonds is 2. The average Bonchev–Trinajstić information content (AvgIpc) is 3.25. The van der Waals surface area contributed by atoms with E-state index in [9.17, 15) is 9.90 Å². The van der Waals surface area contributed by atoms with Gasteiger partial charge in [0.1, 0.15) is 5.78 Å². The van der Waals surface area contributed by atoms with Crippen LogP contribution in [-0.2, 0) is 14.3 Å². The Bertz CT molecular complexity index is 651. The molecule has 0 spiro atoms. The second-order valence-electron chi connectivity index (χ2n) is 10.4. The number of Topliss-reactive ketones (excluding diaryl/α,β-unsaturated/α-hetero) is 1. The summed E-state index contributed by atoms with van der Waals surface area (Å²) in [6.45, 7) is 5.67. The maximum Gasteiger partial charge on any atom is 0.195 e. The smallest absolute Gasteiger partial charge is 0.195 e. The molecule has 4 aliphatic carbocycles. The number of aliphatic hydroxyl groups excluding tert-OH is 1. The van der Waals surface area contributed by atoms with Gasteiger partial charge in [0, 0.05) is 18.3 Å². The molecule has 0 aromatic heterocycles. The predicted octanol–water partition coefficient (Wildman–Crippen LogP) is 3.73. The van der Waals surface area contributed by atoms with E-state index in [1.54, 1.807) is 0 Å². The van der Waals surface area contributed by atoms with Crippen molar-refractivity contribution in [3.63, 3.8) is 0 Å². The van der Waals surface area contributed by atoms with Gasteiger partial charge < -0.3 is 14.6 Å². The first kappa shape index (κ1) is 18.3. The van der Waals surface area contributed by atoms with Crippen LogP contribution in [0.2, 0.25) is 0 Å². The number of aliphatic hydroxyl groups is 1. The topological polar surface area (TPSA) is 55.8 Å². The summed E-state index contributed by atoms with van der Waals surface area (Å²) in [4.78, 5) is 13.6. The quantitative estimate of drug-likeness (QED) is 0.749. The normalized spacial score (nSPS) is 50.9. The van der Waals surface area contributed by atoms with Gasteiger partial charge in [0.25, 0.3) is 0 Å².